The first-order chi connectivity index (χ1) is 11.3. The summed E-state index contributed by atoms with van der Waals surface area (Å²) in [5, 5.41) is 2.85. The summed E-state index contributed by atoms with van der Waals surface area (Å²) in [5.74, 6) is 0. The zero-order valence-electron chi connectivity index (χ0n) is 12.4. The van der Waals surface area contributed by atoms with E-state index in [1.807, 2.05) is 16.0 Å². The quantitative estimate of drug-likeness (QED) is 0.519. The van der Waals surface area contributed by atoms with Gasteiger partial charge in [-0.1, -0.05) is 35.3 Å². The summed E-state index contributed by atoms with van der Waals surface area (Å²) in [5.41, 5.74) is 2.53. The average molecular weight is 416 g/mol. The Morgan fingerprint density at radius 1 is 1.04 bits per heavy atom. The second-order valence-electron chi connectivity index (χ2n) is 5.12. The number of nitrogens with zero attached hydrogens (tertiary/aromatic N) is 1. The van der Waals surface area contributed by atoms with Crippen LogP contribution >= 0.6 is 46.8 Å². The molecule has 3 aromatic rings. The molecule has 0 aliphatic carbocycles. The number of hydrogen-bond acceptors (Lipinski definition) is 4. The van der Waals surface area contributed by atoms with Gasteiger partial charge in [-0.05, 0) is 48.1 Å². The van der Waals surface area contributed by atoms with Gasteiger partial charge in [0.1, 0.15) is 0 Å². The van der Waals surface area contributed by atoms with Crippen molar-refractivity contribution in [3.05, 3.63) is 61.8 Å². The summed E-state index contributed by atoms with van der Waals surface area (Å²) in [6.07, 6.45) is 1.18. The van der Waals surface area contributed by atoms with Crippen LogP contribution in [0, 0.1) is 3.95 Å². The van der Waals surface area contributed by atoms with E-state index in [2.05, 4.69) is 0 Å². The fourth-order valence-corrected chi connectivity index (χ4v) is 4.28. The number of rotatable bonds is 3. The summed E-state index contributed by atoms with van der Waals surface area (Å²) in [6, 6.07) is 12.0. The average Bonchev–Trinajstić information content (AvgIpc) is 2.91. The molecule has 0 bridgehead atoms. The van der Waals surface area contributed by atoms with Crippen LogP contribution in [0.1, 0.15) is 0 Å². The van der Waals surface area contributed by atoms with Crippen LogP contribution in [0.2, 0.25) is 10.0 Å². The van der Waals surface area contributed by atoms with Gasteiger partial charge < -0.3 is 0 Å². The fourth-order valence-electron chi connectivity index (χ4n) is 2.25. The Morgan fingerprint density at radius 3 is 2.29 bits per heavy atom. The van der Waals surface area contributed by atoms with Crippen LogP contribution in [0.3, 0.4) is 0 Å². The van der Waals surface area contributed by atoms with Crippen molar-refractivity contribution in [3.8, 4) is 16.9 Å². The lowest BCUT2D eigenvalue weighted by molar-refractivity contribution is 0.602. The molecule has 8 heteroatoms. The van der Waals surface area contributed by atoms with Crippen molar-refractivity contribution >= 4 is 56.6 Å². The van der Waals surface area contributed by atoms with Gasteiger partial charge in [0.15, 0.2) is 13.8 Å². The maximum absolute atomic E-state index is 11.6. The van der Waals surface area contributed by atoms with E-state index in [4.69, 9.17) is 35.4 Å². The normalized spacial score (nSPS) is 11.6. The largest absolute Gasteiger partial charge is 0.291 e. The highest BCUT2D eigenvalue weighted by Gasteiger charge is 2.12. The molecular weight excluding hydrogens is 405 g/mol. The molecule has 0 unspecified atom stereocenters. The Labute approximate surface area is 159 Å². The van der Waals surface area contributed by atoms with Crippen LogP contribution < -0.4 is 0 Å². The molecule has 0 fully saturated rings. The molecule has 1 aromatic heterocycles. The lowest BCUT2D eigenvalue weighted by Crippen LogP contribution is -1.99. The number of aromatic nitrogens is 1. The van der Waals surface area contributed by atoms with E-state index < -0.39 is 9.84 Å². The molecule has 0 spiro atoms. The first kappa shape index (κ1) is 17.6. The Hall–Kier alpha value is -1.18. The molecule has 0 saturated carbocycles. The number of hydrogen-bond donors (Lipinski definition) is 0. The Morgan fingerprint density at radius 2 is 1.71 bits per heavy atom. The van der Waals surface area contributed by atoms with Crippen LogP contribution in [-0.4, -0.2) is 19.2 Å². The van der Waals surface area contributed by atoms with Crippen LogP contribution in [0.25, 0.3) is 16.9 Å². The second-order valence-corrected chi connectivity index (χ2v) is 9.45. The number of sulfone groups is 1. The van der Waals surface area contributed by atoms with E-state index in [1.54, 1.807) is 36.4 Å². The number of benzene rings is 2. The summed E-state index contributed by atoms with van der Waals surface area (Å²) < 4.78 is 25.7. The molecule has 24 heavy (non-hydrogen) atoms. The molecule has 1 heterocycles. The van der Waals surface area contributed by atoms with Crippen LogP contribution in [0.5, 0.6) is 0 Å². The van der Waals surface area contributed by atoms with Crippen molar-refractivity contribution in [2.75, 3.05) is 6.26 Å². The van der Waals surface area contributed by atoms with Gasteiger partial charge >= 0.3 is 0 Å². The highest BCUT2D eigenvalue weighted by Crippen LogP contribution is 2.31. The van der Waals surface area contributed by atoms with E-state index in [9.17, 15) is 8.42 Å². The van der Waals surface area contributed by atoms with Crippen LogP contribution in [0.4, 0.5) is 0 Å². The molecule has 0 aliphatic heterocycles. The molecule has 2 aromatic carbocycles. The van der Waals surface area contributed by atoms with Crippen LogP contribution in [-0.2, 0) is 9.84 Å². The summed E-state index contributed by atoms with van der Waals surface area (Å²) >= 11 is 18.9. The third-order valence-corrected chi connectivity index (χ3v) is 6.50. The van der Waals surface area contributed by atoms with Crippen molar-refractivity contribution in [3.63, 3.8) is 0 Å². The van der Waals surface area contributed by atoms with Crippen molar-refractivity contribution in [1.29, 1.82) is 0 Å². The molecule has 3 nitrogen and oxygen atoms in total. The summed E-state index contributed by atoms with van der Waals surface area (Å²) in [4.78, 5) is 0.279. The molecular formula is C16H11Cl2NO2S3. The highest BCUT2D eigenvalue weighted by atomic mass is 35.5. The van der Waals surface area contributed by atoms with Gasteiger partial charge in [-0.3, -0.25) is 4.57 Å². The van der Waals surface area contributed by atoms with Gasteiger partial charge in [0.2, 0.25) is 0 Å². The standard InChI is InChI=1S/C16H11Cl2NO2S3/c1-24(20,21)12-5-2-10(3-6-12)15-9-23-16(22)19(15)11-4-7-13(17)14(18)8-11/h2-9H,1H3. The lowest BCUT2D eigenvalue weighted by Gasteiger charge is -2.10. The smallest absolute Gasteiger partial charge is 0.175 e. The molecule has 0 aliphatic rings. The van der Waals surface area contributed by atoms with Crippen molar-refractivity contribution in [2.45, 2.75) is 4.90 Å². The maximum Gasteiger partial charge on any atom is 0.175 e. The first-order valence-electron chi connectivity index (χ1n) is 6.74. The Balaban J connectivity index is 2.14. The Bertz CT molecular complexity index is 1070. The van der Waals surface area contributed by atoms with E-state index in [1.165, 1.54) is 17.6 Å². The van der Waals surface area contributed by atoms with E-state index in [0.29, 0.717) is 14.0 Å². The van der Waals surface area contributed by atoms with Crippen LogP contribution in [0.15, 0.2) is 52.7 Å². The zero-order chi connectivity index (χ0) is 17.5. The topological polar surface area (TPSA) is 39.1 Å². The van der Waals surface area contributed by atoms with Gasteiger partial charge in [-0.25, -0.2) is 8.42 Å². The van der Waals surface area contributed by atoms with Crippen molar-refractivity contribution < 1.29 is 8.42 Å². The van der Waals surface area contributed by atoms with Gasteiger partial charge in [-0.2, -0.15) is 0 Å². The first-order valence-corrected chi connectivity index (χ1v) is 10.7. The minimum absolute atomic E-state index is 0.279. The summed E-state index contributed by atoms with van der Waals surface area (Å²) in [7, 11) is -3.23. The van der Waals surface area contributed by atoms with Gasteiger partial charge in [0.05, 0.1) is 20.6 Å². The monoisotopic (exact) mass is 415 g/mol. The molecule has 3 rings (SSSR count). The van der Waals surface area contributed by atoms with E-state index in [-0.39, 0.29) is 4.90 Å². The molecule has 0 amide bonds. The van der Waals surface area contributed by atoms with E-state index >= 15 is 0 Å². The molecule has 0 atom stereocenters. The molecule has 0 saturated heterocycles. The molecule has 124 valence electrons. The third kappa shape index (κ3) is 3.43. The maximum atomic E-state index is 11.6. The fraction of sp³-hybridized carbons (Fsp3) is 0.0625. The van der Waals surface area contributed by atoms with Gasteiger partial charge in [0.25, 0.3) is 0 Å². The highest BCUT2D eigenvalue weighted by molar-refractivity contribution is 7.90. The number of thiazole rings is 1. The van der Waals surface area contributed by atoms with Crippen molar-refractivity contribution in [1.82, 2.24) is 4.57 Å². The van der Waals surface area contributed by atoms with E-state index in [0.717, 1.165) is 16.9 Å². The second kappa shape index (κ2) is 6.61. The SMILES string of the molecule is CS(=O)(=O)c1ccc(-c2csc(=S)n2-c2ccc(Cl)c(Cl)c2)cc1. The molecule has 0 N–H and O–H groups in total. The van der Waals surface area contributed by atoms with Gasteiger partial charge in [0, 0.05) is 17.3 Å². The minimum atomic E-state index is -3.23. The predicted octanol–water partition coefficient (Wildman–Crippen LogP) is 5.65. The van der Waals surface area contributed by atoms with Gasteiger partial charge in [-0.15, -0.1) is 11.3 Å². The Kier molecular flexibility index (Phi) is 4.86. The zero-order valence-corrected chi connectivity index (χ0v) is 16.3. The minimum Gasteiger partial charge on any atom is -0.291 e. The summed E-state index contributed by atoms with van der Waals surface area (Å²) in [6.45, 7) is 0. The predicted molar refractivity (Wildman–Crippen MR) is 103 cm³/mol. The number of halogens is 2. The lowest BCUT2D eigenvalue weighted by atomic mass is 10.1. The van der Waals surface area contributed by atoms with Crippen molar-refractivity contribution in [2.24, 2.45) is 0 Å². The molecule has 0 radical (unpaired) electrons. The third-order valence-electron chi connectivity index (χ3n) is 3.43.